The summed E-state index contributed by atoms with van der Waals surface area (Å²) < 4.78 is 5.27. The van der Waals surface area contributed by atoms with Crippen molar-refractivity contribution in [1.29, 1.82) is 0 Å². The zero-order chi connectivity index (χ0) is 17.9. The molecular formula is C20H21N3O3. The normalized spacial score (nSPS) is 20.5. The number of carbonyl (C=O) groups excluding carboxylic acids is 1. The van der Waals surface area contributed by atoms with Crippen LogP contribution in [0.15, 0.2) is 53.2 Å². The highest BCUT2D eigenvalue weighted by Gasteiger charge is 2.35. The highest BCUT2D eigenvalue weighted by Crippen LogP contribution is 2.31. The molecule has 0 bridgehead atoms. The molecule has 0 spiro atoms. The molecule has 1 amide bonds. The second-order valence-corrected chi connectivity index (χ2v) is 6.89. The van der Waals surface area contributed by atoms with E-state index in [0.29, 0.717) is 30.5 Å². The van der Waals surface area contributed by atoms with Crippen LogP contribution in [0, 0.1) is 5.92 Å². The van der Waals surface area contributed by atoms with Gasteiger partial charge in [-0.05, 0) is 43.0 Å². The largest absolute Gasteiger partial charge is 0.393 e. The molecule has 0 radical (unpaired) electrons. The number of pyridine rings is 1. The Morgan fingerprint density at radius 1 is 1.23 bits per heavy atom. The second-order valence-electron chi connectivity index (χ2n) is 6.89. The second kappa shape index (κ2) is 7.25. The molecule has 1 saturated carbocycles. The van der Waals surface area contributed by atoms with Crippen molar-refractivity contribution in [3.63, 3.8) is 0 Å². The van der Waals surface area contributed by atoms with Crippen molar-refractivity contribution < 1.29 is 14.4 Å². The smallest absolute Gasteiger partial charge is 0.226 e. The monoisotopic (exact) mass is 351 g/mol. The quantitative estimate of drug-likeness (QED) is 0.711. The van der Waals surface area contributed by atoms with Gasteiger partial charge in [-0.3, -0.25) is 9.78 Å². The molecule has 1 aliphatic rings. The molecule has 6 heteroatoms. The maximum Gasteiger partial charge on any atom is 0.226 e. The molecule has 0 aliphatic heterocycles. The number of carbonyl (C=O) groups is 1. The van der Waals surface area contributed by atoms with Gasteiger partial charge in [-0.1, -0.05) is 23.4 Å². The number of aliphatic hydroxyl groups excluding tert-OH is 1. The summed E-state index contributed by atoms with van der Waals surface area (Å²) in [4.78, 5) is 17.0. The molecule has 2 aromatic heterocycles. The van der Waals surface area contributed by atoms with Crippen molar-refractivity contribution in [2.24, 2.45) is 5.92 Å². The van der Waals surface area contributed by atoms with Gasteiger partial charge in [0.1, 0.15) is 5.69 Å². The van der Waals surface area contributed by atoms with Gasteiger partial charge in [0.2, 0.25) is 5.91 Å². The van der Waals surface area contributed by atoms with Crippen LogP contribution in [0.25, 0.3) is 11.0 Å². The van der Waals surface area contributed by atoms with Gasteiger partial charge in [-0.2, -0.15) is 0 Å². The van der Waals surface area contributed by atoms with Gasteiger partial charge < -0.3 is 14.9 Å². The van der Waals surface area contributed by atoms with Gasteiger partial charge in [0.25, 0.3) is 0 Å². The number of amides is 1. The molecular weight excluding hydrogens is 330 g/mol. The Morgan fingerprint density at radius 3 is 2.81 bits per heavy atom. The molecule has 1 aliphatic carbocycles. The Bertz CT molecular complexity index is 887. The fourth-order valence-electron chi connectivity index (χ4n) is 3.51. The first-order chi connectivity index (χ1) is 12.7. The maximum absolute atomic E-state index is 12.6. The maximum atomic E-state index is 12.6. The number of benzene rings is 1. The van der Waals surface area contributed by atoms with E-state index < -0.39 is 0 Å². The van der Waals surface area contributed by atoms with Crippen molar-refractivity contribution in [3.8, 4) is 0 Å². The standard InChI is InChI=1S/C20H21N3O3/c24-15-9-13(10-15)17(11-14-5-3-4-8-21-14)22-20(25)12-18-16-6-1-2-7-19(16)26-23-18/h1-8,13,15,17,24H,9-12H2,(H,22,25)/t13?,15?,17-/m0/s1. The number of para-hydroxylation sites is 1. The van der Waals surface area contributed by atoms with Gasteiger partial charge in [0.05, 0.1) is 12.5 Å². The number of aromatic nitrogens is 2. The molecule has 2 heterocycles. The van der Waals surface area contributed by atoms with Crippen LogP contribution in [0.5, 0.6) is 0 Å². The van der Waals surface area contributed by atoms with Crippen molar-refractivity contribution in [2.45, 2.75) is 37.8 Å². The average Bonchev–Trinajstić information content (AvgIpc) is 3.02. The Kier molecular flexibility index (Phi) is 4.67. The third-order valence-corrected chi connectivity index (χ3v) is 5.00. The van der Waals surface area contributed by atoms with Crippen LogP contribution in [-0.2, 0) is 17.6 Å². The highest BCUT2D eigenvalue weighted by molar-refractivity contribution is 5.86. The van der Waals surface area contributed by atoms with E-state index in [9.17, 15) is 9.90 Å². The molecule has 134 valence electrons. The number of aliphatic hydroxyl groups is 1. The van der Waals surface area contributed by atoms with Crippen LogP contribution in [0.2, 0.25) is 0 Å². The van der Waals surface area contributed by atoms with Gasteiger partial charge in [0.15, 0.2) is 5.58 Å². The first kappa shape index (κ1) is 16.7. The third kappa shape index (κ3) is 3.60. The summed E-state index contributed by atoms with van der Waals surface area (Å²) in [6.07, 6.45) is 3.75. The van der Waals surface area contributed by atoms with Crippen LogP contribution in [0.3, 0.4) is 0 Å². The summed E-state index contributed by atoms with van der Waals surface area (Å²) in [5.74, 6) is 0.177. The van der Waals surface area contributed by atoms with E-state index in [4.69, 9.17) is 4.52 Å². The van der Waals surface area contributed by atoms with Crippen LogP contribution in [-0.4, -0.2) is 33.3 Å². The Morgan fingerprint density at radius 2 is 2.04 bits per heavy atom. The first-order valence-corrected chi connectivity index (χ1v) is 8.89. The number of fused-ring (bicyclic) bond motifs is 1. The van der Waals surface area contributed by atoms with Crippen molar-refractivity contribution in [2.75, 3.05) is 0 Å². The lowest BCUT2D eigenvalue weighted by Gasteiger charge is -2.38. The minimum Gasteiger partial charge on any atom is -0.393 e. The zero-order valence-corrected chi connectivity index (χ0v) is 14.3. The Labute approximate surface area is 151 Å². The van der Waals surface area contributed by atoms with Gasteiger partial charge in [0, 0.05) is 29.7 Å². The molecule has 26 heavy (non-hydrogen) atoms. The van der Waals surface area contributed by atoms with E-state index in [-0.39, 0.29) is 30.4 Å². The Balaban J connectivity index is 1.45. The number of rotatable bonds is 6. The molecule has 0 saturated heterocycles. The van der Waals surface area contributed by atoms with Gasteiger partial charge in [-0.15, -0.1) is 0 Å². The predicted octanol–water partition coefficient (Wildman–Crippen LogP) is 2.26. The highest BCUT2D eigenvalue weighted by atomic mass is 16.5. The molecule has 4 rings (SSSR count). The summed E-state index contributed by atoms with van der Waals surface area (Å²) in [6, 6.07) is 13.3. The fourth-order valence-corrected chi connectivity index (χ4v) is 3.51. The molecule has 3 aromatic rings. The Hall–Kier alpha value is -2.73. The molecule has 1 aromatic carbocycles. The lowest BCUT2D eigenvalue weighted by molar-refractivity contribution is -0.122. The summed E-state index contributed by atoms with van der Waals surface area (Å²) in [5, 5.41) is 17.7. The van der Waals surface area contributed by atoms with Crippen molar-refractivity contribution in [1.82, 2.24) is 15.5 Å². The van der Waals surface area contributed by atoms with Crippen molar-refractivity contribution >= 4 is 16.9 Å². The first-order valence-electron chi connectivity index (χ1n) is 8.89. The lowest BCUT2D eigenvalue weighted by atomic mass is 9.76. The average molecular weight is 351 g/mol. The molecule has 1 fully saturated rings. The summed E-state index contributed by atoms with van der Waals surface area (Å²) in [5.41, 5.74) is 2.26. The molecule has 2 N–H and O–H groups in total. The number of hydrogen-bond donors (Lipinski definition) is 2. The van der Waals surface area contributed by atoms with Crippen LogP contribution < -0.4 is 5.32 Å². The molecule has 1 atom stereocenters. The van der Waals surface area contributed by atoms with Crippen LogP contribution >= 0.6 is 0 Å². The van der Waals surface area contributed by atoms with E-state index in [1.54, 1.807) is 6.20 Å². The van der Waals surface area contributed by atoms with E-state index in [2.05, 4.69) is 15.5 Å². The number of nitrogens with one attached hydrogen (secondary N) is 1. The van der Waals surface area contributed by atoms with E-state index in [0.717, 1.165) is 11.1 Å². The summed E-state index contributed by atoms with van der Waals surface area (Å²) in [7, 11) is 0. The SMILES string of the molecule is O=C(Cc1noc2ccccc12)N[C@@H](Cc1ccccn1)C1CC(O)C1. The van der Waals surface area contributed by atoms with Gasteiger partial charge in [-0.25, -0.2) is 0 Å². The van der Waals surface area contributed by atoms with E-state index in [1.807, 2.05) is 42.5 Å². The topological polar surface area (TPSA) is 88.3 Å². The van der Waals surface area contributed by atoms with Crippen LogP contribution in [0.4, 0.5) is 0 Å². The predicted molar refractivity (Wildman–Crippen MR) is 96.3 cm³/mol. The molecule has 0 unspecified atom stereocenters. The fraction of sp³-hybridized carbons (Fsp3) is 0.350. The number of nitrogens with zero attached hydrogens (tertiary/aromatic N) is 2. The molecule has 6 nitrogen and oxygen atoms in total. The number of hydrogen-bond acceptors (Lipinski definition) is 5. The minimum absolute atomic E-state index is 0.0426. The van der Waals surface area contributed by atoms with Crippen LogP contribution in [0.1, 0.15) is 24.2 Å². The third-order valence-electron chi connectivity index (χ3n) is 5.00. The van der Waals surface area contributed by atoms with E-state index >= 15 is 0 Å². The zero-order valence-electron chi connectivity index (χ0n) is 14.3. The lowest BCUT2D eigenvalue weighted by Crippen LogP contribution is -2.48. The summed E-state index contributed by atoms with van der Waals surface area (Å²) >= 11 is 0. The minimum atomic E-state index is -0.261. The van der Waals surface area contributed by atoms with Crippen molar-refractivity contribution in [3.05, 3.63) is 60.0 Å². The van der Waals surface area contributed by atoms with E-state index in [1.165, 1.54) is 0 Å². The summed E-state index contributed by atoms with van der Waals surface area (Å²) in [6.45, 7) is 0. The van der Waals surface area contributed by atoms with Gasteiger partial charge >= 0.3 is 0 Å².